The Morgan fingerprint density at radius 3 is 1.73 bits per heavy atom. The molecule has 8 rings (SSSR count). The second-order valence-electron chi connectivity index (χ2n) is 12.1. The maximum atomic E-state index is 4.25. The maximum absolute atomic E-state index is 4.25. The molecule has 2 heteroatoms. The zero-order valence-corrected chi connectivity index (χ0v) is 25.2. The van der Waals surface area contributed by atoms with Gasteiger partial charge in [-0.15, -0.1) is 0 Å². The highest BCUT2D eigenvalue weighted by atomic mass is 14.6. The molecule has 0 fully saturated rings. The third-order valence-electron chi connectivity index (χ3n) is 9.34. The van der Waals surface area contributed by atoms with Crippen molar-refractivity contribution in [2.75, 3.05) is 0 Å². The van der Waals surface area contributed by atoms with Crippen LogP contribution in [-0.2, 0) is 0 Å². The molecular formula is C43H32N2. The molecule has 4 aromatic carbocycles. The molecule has 0 aliphatic heterocycles. The molecule has 2 nitrogen and oxygen atoms in total. The summed E-state index contributed by atoms with van der Waals surface area (Å²) in [6.45, 7) is 2.43. The summed E-state index contributed by atoms with van der Waals surface area (Å²) in [5.74, 6) is 0. The van der Waals surface area contributed by atoms with Crippen molar-refractivity contribution in [3.05, 3.63) is 191 Å². The van der Waals surface area contributed by atoms with Gasteiger partial charge in [0.15, 0.2) is 0 Å². The highest BCUT2D eigenvalue weighted by molar-refractivity contribution is 5.92. The fourth-order valence-electron chi connectivity index (χ4n) is 7.16. The minimum atomic E-state index is -0.213. The molecule has 2 heterocycles. The van der Waals surface area contributed by atoms with E-state index in [1.54, 1.807) is 0 Å². The summed E-state index contributed by atoms with van der Waals surface area (Å²) in [6.07, 6.45) is 15.3. The second-order valence-corrected chi connectivity index (χ2v) is 12.1. The van der Waals surface area contributed by atoms with E-state index >= 15 is 0 Å². The van der Waals surface area contributed by atoms with Gasteiger partial charge in [-0.1, -0.05) is 104 Å². The lowest BCUT2D eigenvalue weighted by Crippen LogP contribution is -2.42. The van der Waals surface area contributed by atoms with Crippen LogP contribution in [0.2, 0.25) is 0 Å². The fraction of sp³-hybridized carbons (Fsp3) is 0.0698. The molecule has 0 bridgehead atoms. The Morgan fingerprint density at radius 1 is 0.489 bits per heavy atom. The van der Waals surface area contributed by atoms with Gasteiger partial charge >= 0.3 is 0 Å². The Bertz CT molecular complexity index is 2230. The molecule has 2 aliphatic rings. The van der Waals surface area contributed by atoms with Crippen molar-refractivity contribution in [1.29, 1.82) is 0 Å². The summed E-state index contributed by atoms with van der Waals surface area (Å²) < 4.78 is 0. The lowest BCUT2D eigenvalue weighted by Gasteiger charge is -2.41. The smallest absolute Gasteiger partial charge is 0.0273 e. The van der Waals surface area contributed by atoms with E-state index < -0.39 is 0 Å². The quantitative estimate of drug-likeness (QED) is 0.205. The van der Waals surface area contributed by atoms with Crippen molar-refractivity contribution in [3.8, 4) is 33.4 Å². The van der Waals surface area contributed by atoms with Crippen molar-refractivity contribution in [2.45, 2.75) is 13.3 Å². The Morgan fingerprint density at radius 2 is 1.04 bits per heavy atom. The van der Waals surface area contributed by atoms with Crippen LogP contribution in [0.15, 0.2) is 170 Å². The monoisotopic (exact) mass is 576 g/mol. The minimum absolute atomic E-state index is 0.213. The summed E-state index contributed by atoms with van der Waals surface area (Å²) in [4.78, 5) is 8.50. The first kappa shape index (κ1) is 27.0. The van der Waals surface area contributed by atoms with Crippen LogP contribution in [0.3, 0.4) is 0 Å². The summed E-state index contributed by atoms with van der Waals surface area (Å²) in [7, 11) is 0. The van der Waals surface area contributed by atoms with E-state index in [0.29, 0.717) is 0 Å². The molecule has 2 aromatic heterocycles. The number of nitrogens with zero attached hydrogens (tertiary/aromatic N) is 2. The van der Waals surface area contributed by atoms with E-state index in [4.69, 9.17) is 0 Å². The number of aromatic nitrogens is 2. The molecule has 1 atom stereocenters. The molecule has 0 amide bonds. The zero-order chi connectivity index (χ0) is 30.2. The molecule has 0 saturated heterocycles. The SMILES string of the molecule is CC12CC=CC=C1C(c1cccc(-c3ccncc3)c1)=c1cc(-c3ccccc3)ccc1=C2c1cccc(-c2ccncc2)c1. The van der Waals surface area contributed by atoms with Gasteiger partial charge in [0.25, 0.3) is 0 Å². The molecule has 0 radical (unpaired) electrons. The molecule has 45 heavy (non-hydrogen) atoms. The van der Waals surface area contributed by atoms with Crippen molar-refractivity contribution in [1.82, 2.24) is 9.97 Å². The van der Waals surface area contributed by atoms with Crippen molar-refractivity contribution in [2.24, 2.45) is 5.41 Å². The molecule has 0 spiro atoms. The van der Waals surface area contributed by atoms with E-state index in [1.165, 1.54) is 71.7 Å². The maximum Gasteiger partial charge on any atom is 0.0273 e. The summed E-state index contributed by atoms with van der Waals surface area (Å²) in [5, 5.41) is 2.56. The van der Waals surface area contributed by atoms with Gasteiger partial charge in [0.2, 0.25) is 0 Å². The lowest BCUT2D eigenvalue weighted by molar-refractivity contribution is 0.547. The Labute approximate surface area is 264 Å². The van der Waals surface area contributed by atoms with Crippen LogP contribution in [0.1, 0.15) is 24.5 Å². The van der Waals surface area contributed by atoms with Gasteiger partial charge < -0.3 is 0 Å². The van der Waals surface area contributed by atoms with Crippen LogP contribution < -0.4 is 10.4 Å². The third kappa shape index (κ3) is 4.76. The number of hydrogen-bond donors (Lipinski definition) is 0. The number of allylic oxidation sites excluding steroid dienone is 4. The van der Waals surface area contributed by atoms with E-state index in [1.807, 2.05) is 24.8 Å². The van der Waals surface area contributed by atoms with Crippen LogP contribution in [0.5, 0.6) is 0 Å². The van der Waals surface area contributed by atoms with E-state index in [2.05, 4.69) is 156 Å². The summed E-state index contributed by atoms with van der Waals surface area (Å²) >= 11 is 0. The molecule has 214 valence electrons. The highest BCUT2D eigenvalue weighted by Gasteiger charge is 2.39. The standard InChI is InChI=1S/C43H32N2/c1-43-22-6-5-15-40(43)41(36-13-7-11-33(27-36)31-18-23-44-24-19-31)39-29-35(30-9-3-2-4-10-30)16-17-38(39)42(43)37-14-8-12-34(28-37)32-20-25-45-26-21-32/h2-21,23-29H,22H2,1H3. The first-order chi connectivity index (χ1) is 22.2. The topological polar surface area (TPSA) is 25.8 Å². The average Bonchev–Trinajstić information content (AvgIpc) is 3.11. The van der Waals surface area contributed by atoms with Gasteiger partial charge in [-0.05, 0) is 121 Å². The van der Waals surface area contributed by atoms with Gasteiger partial charge in [-0.2, -0.15) is 0 Å². The molecule has 0 N–H and O–H groups in total. The highest BCUT2D eigenvalue weighted by Crippen LogP contribution is 2.50. The Hall–Kier alpha value is -5.60. The summed E-state index contributed by atoms with van der Waals surface area (Å²) in [5.41, 5.74) is 13.5. The molecule has 0 saturated carbocycles. The van der Waals surface area contributed by atoms with E-state index in [0.717, 1.165) is 6.42 Å². The first-order valence-corrected chi connectivity index (χ1v) is 15.5. The van der Waals surface area contributed by atoms with Crippen molar-refractivity contribution in [3.63, 3.8) is 0 Å². The first-order valence-electron chi connectivity index (χ1n) is 15.5. The van der Waals surface area contributed by atoms with Gasteiger partial charge in [-0.3, -0.25) is 9.97 Å². The van der Waals surface area contributed by atoms with Gasteiger partial charge in [0.05, 0.1) is 0 Å². The second kappa shape index (κ2) is 11.2. The van der Waals surface area contributed by atoms with Crippen LogP contribution in [-0.4, -0.2) is 9.97 Å². The average molecular weight is 577 g/mol. The molecule has 1 unspecified atom stereocenters. The van der Waals surface area contributed by atoms with Crippen LogP contribution >= 0.6 is 0 Å². The lowest BCUT2D eigenvalue weighted by atomic mass is 9.62. The predicted octanol–water partition coefficient (Wildman–Crippen LogP) is 8.78. The number of rotatable bonds is 5. The number of hydrogen-bond acceptors (Lipinski definition) is 2. The molecule has 2 aliphatic carbocycles. The minimum Gasteiger partial charge on any atom is -0.265 e. The predicted molar refractivity (Wildman–Crippen MR) is 185 cm³/mol. The molecular weight excluding hydrogens is 544 g/mol. The van der Waals surface area contributed by atoms with Gasteiger partial charge in [0, 0.05) is 30.2 Å². The number of benzene rings is 4. The Balaban J connectivity index is 1.47. The number of fused-ring (bicyclic) bond motifs is 2. The van der Waals surface area contributed by atoms with Gasteiger partial charge in [0.1, 0.15) is 0 Å². The number of pyridine rings is 2. The van der Waals surface area contributed by atoms with Gasteiger partial charge in [-0.25, -0.2) is 0 Å². The summed E-state index contributed by atoms with van der Waals surface area (Å²) in [6, 6.07) is 44.1. The largest absolute Gasteiger partial charge is 0.265 e. The van der Waals surface area contributed by atoms with Crippen LogP contribution in [0, 0.1) is 5.41 Å². The fourth-order valence-corrected chi connectivity index (χ4v) is 7.16. The van der Waals surface area contributed by atoms with Crippen molar-refractivity contribution >= 4 is 11.1 Å². The van der Waals surface area contributed by atoms with Crippen LogP contribution in [0.25, 0.3) is 44.5 Å². The normalized spacial score (nSPS) is 17.0. The molecule has 6 aromatic rings. The zero-order valence-electron chi connectivity index (χ0n) is 25.2. The third-order valence-corrected chi connectivity index (χ3v) is 9.34. The van der Waals surface area contributed by atoms with E-state index in [-0.39, 0.29) is 5.41 Å². The van der Waals surface area contributed by atoms with E-state index in [9.17, 15) is 0 Å². The Kier molecular flexibility index (Phi) is 6.69. The van der Waals surface area contributed by atoms with Crippen LogP contribution in [0.4, 0.5) is 0 Å². The van der Waals surface area contributed by atoms with Crippen molar-refractivity contribution < 1.29 is 0 Å².